The lowest BCUT2D eigenvalue weighted by Crippen LogP contribution is -1.94. The van der Waals surface area contributed by atoms with Gasteiger partial charge in [-0.05, 0) is 25.0 Å². The molecular weight excluding hydrogens is 218 g/mol. The Morgan fingerprint density at radius 2 is 2.25 bits per heavy atom. The molecule has 2 nitrogen and oxygen atoms in total. The number of aromatic nitrogens is 1. The van der Waals surface area contributed by atoms with Gasteiger partial charge >= 0.3 is 0 Å². The highest BCUT2D eigenvalue weighted by Crippen LogP contribution is 2.12. The summed E-state index contributed by atoms with van der Waals surface area (Å²) in [5.41, 5.74) is 2.27. The van der Waals surface area contributed by atoms with Crippen LogP contribution < -0.4 is 4.74 Å². The summed E-state index contributed by atoms with van der Waals surface area (Å²) < 4.78 is 5.06. The van der Waals surface area contributed by atoms with Crippen molar-refractivity contribution in [2.45, 2.75) is 13.3 Å². The fourth-order valence-electron chi connectivity index (χ4n) is 1.06. The predicted octanol–water partition coefficient (Wildman–Crippen LogP) is 2.34. The summed E-state index contributed by atoms with van der Waals surface area (Å²) in [5.74, 6) is 0.700. The molecule has 1 rings (SSSR count). The minimum absolute atomic E-state index is 0.700. The molecule has 1 heterocycles. The normalized spacial score (nSPS) is 9.92. The summed E-state index contributed by atoms with van der Waals surface area (Å²) in [6.07, 6.45) is 1.01. The van der Waals surface area contributed by atoms with Gasteiger partial charge in [0.2, 0.25) is 5.88 Å². The average Bonchev–Trinajstić information content (AvgIpc) is 2.04. The fourth-order valence-corrected chi connectivity index (χ4v) is 1.52. The van der Waals surface area contributed by atoms with E-state index in [-0.39, 0.29) is 0 Å². The van der Waals surface area contributed by atoms with Crippen LogP contribution in [0.3, 0.4) is 0 Å². The fraction of sp³-hybridized carbons (Fsp3) is 0.444. The summed E-state index contributed by atoms with van der Waals surface area (Å²) >= 11 is 3.40. The van der Waals surface area contributed by atoms with Crippen molar-refractivity contribution in [3.63, 3.8) is 0 Å². The van der Waals surface area contributed by atoms with E-state index in [9.17, 15) is 0 Å². The molecule has 0 amide bonds. The zero-order valence-corrected chi connectivity index (χ0v) is 8.89. The minimum Gasteiger partial charge on any atom is -0.481 e. The molecule has 0 bridgehead atoms. The van der Waals surface area contributed by atoms with E-state index in [2.05, 4.69) is 27.0 Å². The van der Waals surface area contributed by atoms with E-state index in [1.54, 1.807) is 7.11 Å². The number of nitrogens with zero attached hydrogens (tertiary/aromatic N) is 1. The zero-order chi connectivity index (χ0) is 8.97. The van der Waals surface area contributed by atoms with Gasteiger partial charge in [-0.1, -0.05) is 15.9 Å². The monoisotopic (exact) mass is 229 g/mol. The Morgan fingerprint density at radius 1 is 1.50 bits per heavy atom. The molecule has 0 aromatic carbocycles. The molecule has 3 heteroatoms. The number of aryl methyl sites for hydroxylation is 2. The highest BCUT2D eigenvalue weighted by molar-refractivity contribution is 9.09. The van der Waals surface area contributed by atoms with Crippen molar-refractivity contribution in [1.82, 2.24) is 4.98 Å². The maximum atomic E-state index is 5.06. The number of methoxy groups -OCH3 is 1. The van der Waals surface area contributed by atoms with E-state index in [4.69, 9.17) is 4.74 Å². The van der Waals surface area contributed by atoms with Crippen molar-refractivity contribution in [1.29, 1.82) is 0 Å². The van der Waals surface area contributed by atoms with Crippen molar-refractivity contribution in [3.05, 3.63) is 23.4 Å². The molecule has 66 valence electrons. The first kappa shape index (κ1) is 9.52. The Hall–Kier alpha value is -0.570. The number of ether oxygens (including phenoxy) is 1. The second-order valence-electron chi connectivity index (χ2n) is 2.60. The van der Waals surface area contributed by atoms with E-state index < -0.39 is 0 Å². The van der Waals surface area contributed by atoms with Gasteiger partial charge in [-0.25, -0.2) is 4.98 Å². The molecular formula is C9H12BrNO. The lowest BCUT2D eigenvalue weighted by Gasteiger charge is -2.03. The second kappa shape index (κ2) is 4.45. The molecule has 0 saturated carbocycles. The molecule has 0 aliphatic rings. The zero-order valence-electron chi connectivity index (χ0n) is 7.30. The molecule has 0 fully saturated rings. The van der Waals surface area contributed by atoms with Gasteiger partial charge in [-0.15, -0.1) is 0 Å². The Bertz CT molecular complexity index is 263. The lowest BCUT2D eigenvalue weighted by atomic mass is 10.2. The number of pyridine rings is 1. The molecule has 12 heavy (non-hydrogen) atoms. The lowest BCUT2D eigenvalue weighted by molar-refractivity contribution is 0.396. The van der Waals surface area contributed by atoms with Gasteiger partial charge in [-0.2, -0.15) is 0 Å². The van der Waals surface area contributed by atoms with Crippen LogP contribution in [-0.2, 0) is 6.42 Å². The van der Waals surface area contributed by atoms with E-state index in [1.165, 1.54) is 5.56 Å². The molecule has 0 aliphatic carbocycles. The molecule has 0 saturated heterocycles. The summed E-state index contributed by atoms with van der Waals surface area (Å²) in [6.45, 7) is 1.97. The maximum absolute atomic E-state index is 5.06. The number of rotatable bonds is 3. The summed E-state index contributed by atoms with van der Waals surface area (Å²) in [7, 11) is 1.64. The van der Waals surface area contributed by atoms with Crippen LogP contribution in [0.2, 0.25) is 0 Å². The van der Waals surface area contributed by atoms with E-state index in [0.29, 0.717) is 5.88 Å². The van der Waals surface area contributed by atoms with Crippen molar-refractivity contribution in [2.24, 2.45) is 0 Å². The molecule has 0 atom stereocenters. The summed E-state index contributed by atoms with van der Waals surface area (Å²) in [5, 5.41) is 0.972. The Kier molecular flexibility index (Phi) is 3.53. The second-order valence-corrected chi connectivity index (χ2v) is 3.39. The van der Waals surface area contributed by atoms with Crippen LogP contribution in [0.1, 0.15) is 11.3 Å². The van der Waals surface area contributed by atoms with Crippen LogP contribution in [-0.4, -0.2) is 17.4 Å². The van der Waals surface area contributed by atoms with Gasteiger partial charge in [0.15, 0.2) is 0 Å². The van der Waals surface area contributed by atoms with E-state index in [1.807, 2.05) is 13.0 Å². The SMILES string of the molecule is COc1cc(CCBr)cc(C)n1. The van der Waals surface area contributed by atoms with E-state index >= 15 is 0 Å². The molecule has 0 unspecified atom stereocenters. The molecule has 1 aromatic heterocycles. The standard InChI is InChI=1S/C9H12BrNO/c1-7-5-8(3-4-10)6-9(11-7)12-2/h5-6H,3-4H2,1-2H3. The van der Waals surface area contributed by atoms with Crippen LogP contribution in [0.25, 0.3) is 0 Å². The van der Waals surface area contributed by atoms with Gasteiger partial charge < -0.3 is 4.74 Å². The third-order valence-corrected chi connectivity index (χ3v) is 1.98. The molecule has 0 N–H and O–H groups in total. The molecule has 0 spiro atoms. The van der Waals surface area contributed by atoms with E-state index in [0.717, 1.165) is 17.4 Å². The smallest absolute Gasteiger partial charge is 0.213 e. The van der Waals surface area contributed by atoms with Gasteiger partial charge in [0.05, 0.1) is 7.11 Å². The molecule has 0 radical (unpaired) electrons. The van der Waals surface area contributed by atoms with Crippen LogP contribution in [0, 0.1) is 6.92 Å². The Morgan fingerprint density at radius 3 is 2.83 bits per heavy atom. The van der Waals surface area contributed by atoms with Crippen LogP contribution >= 0.6 is 15.9 Å². The average molecular weight is 230 g/mol. The number of alkyl halides is 1. The van der Waals surface area contributed by atoms with Crippen molar-refractivity contribution < 1.29 is 4.74 Å². The van der Waals surface area contributed by atoms with Crippen LogP contribution in [0.5, 0.6) is 5.88 Å². The van der Waals surface area contributed by atoms with Crippen molar-refractivity contribution in [3.8, 4) is 5.88 Å². The topological polar surface area (TPSA) is 22.1 Å². The van der Waals surface area contributed by atoms with Crippen LogP contribution in [0.15, 0.2) is 12.1 Å². The van der Waals surface area contributed by atoms with Gasteiger partial charge in [0.1, 0.15) is 0 Å². The molecule has 1 aromatic rings. The highest BCUT2D eigenvalue weighted by atomic mass is 79.9. The first-order valence-electron chi connectivity index (χ1n) is 3.84. The third kappa shape index (κ3) is 2.48. The van der Waals surface area contributed by atoms with Crippen molar-refractivity contribution in [2.75, 3.05) is 12.4 Å². The van der Waals surface area contributed by atoms with Gasteiger partial charge in [-0.3, -0.25) is 0 Å². The Labute approximate surface area is 81.1 Å². The molecule has 0 aliphatic heterocycles. The minimum atomic E-state index is 0.700. The summed E-state index contributed by atoms with van der Waals surface area (Å²) in [4.78, 5) is 4.20. The summed E-state index contributed by atoms with van der Waals surface area (Å²) in [6, 6.07) is 4.04. The maximum Gasteiger partial charge on any atom is 0.213 e. The van der Waals surface area contributed by atoms with Gasteiger partial charge in [0.25, 0.3) is 0 Å². The Balaban J connectivity index is 2.90. The number of hydrogen-bond donors (Lipinski definition) is 0. The third-order valence-electron chi connectivity index (χ3n) is 1.58. The van der Waals surface area contributed by atoms with Crippen LogP contribution in [0.4, 0.5) is 0 Å². The highest BCUT2D eigenvalue weighted by Gasteiger charge is 1.98. The largest absolute Gasteiger partial charge is 0.481 e. The number of hydrogen-bond acceptors (Lipinski definition) is 2. The van der Waals surface area contributed by atoms with Crippen molar-refractivity contribution >= 4 is 15.9 Å². The first-order chi connectivity index (χ1) is 5.76. The van der Waals surface area contributed by atoms with Gasteiger partial charge in [0, 0.05) is 17.1 Å². The first-order valence-corrected chi connectivity index (χ1v) is 4.96. The predicted molar refractivity (Wildman–Crippen MR) is 53.0 cm³/mol. The quantitative estimate of drug-likeness (QED) is 0.743. The number of halogens is 1.